The minimum atomic E-state index is -1.11. The third kappa shape index (κ3) is 4.21. The van der Waals surface area contributed by atoms with Crippen LogP contribution in [0.3, 0.4) is 0 Å². The Balaban J connectivity index is 2.40. The lowest BCUT2D eigenvalue weighted by atomic mass is 9.78. The summed E-state index contributed by atoms with van der Waals surface area (Å²) in [6, 6.07) is 0. The van der Waals surface area contributed by atoms with Gasteiger partial charge in [-0.05, 0) is 38.0 Å². The zero-order chi connectivity index (χ0) is 12.0. The minimum absolute atomic E-state index is 0.0590. The number of carboxylic acids is 2. The molecule has 1 saturated carbocycles. The van der Waals surface area contributed by atoms with Gasteiger partial charge >= 0.3 is 0 Å². The molecule has 16 heavy (non-hydrogen) atoms. The van der Waals surface area contributed by atoms with Crippen molar-refractivity contribution in [2.75, 3.05) is 0 Å². The summed E-state index contributed by atoms with van der Waals surface area (Å²) in [5.74, 6) is -2.42. The molecule has 0 aliphatic heterocycles. The zero-order valence-electron chi connectivity index (χ0n) is 9.44. The molecule has 0 aromatic heterocycles. The van der Waals surface area contributed by atoms with Crippen molar-refractivity contribution >= 4 is 11.9 Å². The van der Waals surface area contributed by atoms with Gasteiger partial charge in [-0.15, -0.1) is 0 Å². The fourth-order valence-corrected chi connectivity index (χ4v) is 2.55. The van der Waals surface area contributed by atoms with E-state index in [1.165, 1.54) is 6.42 Å². The molecule has 4 heteroatoms. The van der Waals surface area contributed by atoms with Crippen LogP contribution in [0.25, 0.3) is 0 Å². The quantitative estimate of drug-likeness (QED) is 0.631. The number of carboxylic acid groups (broad SMARTS) is 2. The van der Waals surface area contributed by atoms with E-state index >= 15 is 0 Å². The Bertz CT molecular complexity index is 243. The van der Waals surface area contributed by atoms with Crippen LogP contribution in [-0.2, 0) is 9.59 Å². The summed E-state index contributed by atoms with van der Waals surface area (Å²) in [7, 11) is 0. The largest absolute Gasteiger partial charge is 0.550 e. The molecule has 92 valence electrons. The van der Waals surface area contributed by atoms with Gasteiger partial charge in [0.05, 0.1) is 0 Å². The van der Waals surface area contributed by atoms with E-state index in [1.807, 2.05) is 0 Å². The van der Waals surface area contributed by atoms with Crippen molar-refractivity contribution in [1.82, 2.24) is 0 Å². The fourth-order valence-electron chi connectivity index (χ4n) is 2.55. The highest BCUT2D eigenvalue weighted by molar-refractivity contribution is 5.68. The van der Waals surface area contributed by atoms with Gasteiger partial charge in [0.25, 0.3) is 0 Å². The number of carbonyl (C=O) groups is 2. The molecule has 0 radical (unpaired) electrons. The third-order valence-electron chi connectivity index (χ3n) is 3.42. The maximum atomic E-state index is 11.0. The lowest BCUT2D eigenvalue weighted by Crippen LogP contribution is -2.37. The number of carbonyl (C=O) groups excluding carboxylic acids is 2. The van der Waals surface area contributed by atoms with Crippen molar-refractivity contribution in [1.29, 1.82) is 0 Å². The van der Waals surface area contributed by atoms with E-state index in [1.54, 1.807) is 0 Å². The van der Waals surface area contributed by atoms with Gasteiger partial charge in [-0.3, -0.25) is 0 Å². The Hall–Kier alpha value is -1.06. The fraction of sp³-hybridized carbons (Fsp3) is 0.833. The number of rotatable bonds is 6. The maximum absolute atomic E-state index is 11.0. The second-order valence-corrected chi connectivity index (χ2v) is 4.59. The smallest absolute Gasteiger partial charge is 0.0448 e. The molecule has 0 amide bonds. The Morgan fingerprint density at radius 3 is 2.25 bits per heavy atom. The molecule has 1 fully saturated rings. The monoisotopic (exact) mass is 226 g/mol. The second kappa shape index (κ2) is 6.51. The Morgan fingerprint density at radius 1 is 1.12 bits per heavy atom. The van der Waals surface area contributed by atoms with E-state index in [0.29, 0.717) is 12.8 Å². The minimum Gasteiger partial charge on any atom is -0.550 e. The molecule has 1 rings (SSSR count). The van der Waals surface area contributed by atoms with Gasteiger partial charge in [0.2, 0.25) is 0 Å². The topological polar surface area (TPSA) is 80.3 Å². The van der Waals surface area contributed by atoms with Gasteiger partial charge < -0.3 is 19.8 Å². The van der Waals surface area contributed by atoms with Gasteiger partial charge in [-0.25, -0.2) is 0 Å². The lowest BCUT2D eigenvalue weighted by molar-refractivity contribution is -0.315. The van der Waals surface area contributed by atoms with Gasteiger partial charge in [-0.1, -0.05) is 19.3 Å². The van der Waals surface area contributed by atoms with E-state index in [2.05, 4.69) is 0 Å². The van der Waals surface area contributed by atoms with Gasteiger partial charge in [-0.2, -0.15) is 0 Å². The van der Waals surface area contributed by atoms with Crippen LogP contribution >= 0.6 is 0 Å². The van der Waals surface area contributed by atoms with Crippen molar-refractivity contribution in [3.63, 3.8) is 0 Å². The molecule has 0 N–H and O–H groups in total. The highest BCUT2D eigenvalue weighted by atomic mass is 16.4. The van der Waals surface area contributed by atoms with Crippen LogP contribution < -0.4 is 10.2 Å². The average molecular weight is 226 g/mol. The first kappa shape index (κ1) is 13.0. The van der Waals surface area contributed by atoms with E-state index in [-0.39, 0.29) is 12.3 Å². The molecular weight excluding hydrogens is 208 g/mol. The molecule has 1 aliphatic rings. The number of hydrogen-bond donors (Lipinski definition) is 0. The van der Waals surface area contributed by atoms with Crippen LogP contribution in [0.4, 0.5) is 0 Å². The molecule has 0 spiro atoms. The maximum Gasteiger partial charge on any atom is 0.0448 e. The van der Waals surface area contributed by atoms with Crippen LogP contribution in [0.5, 0.6) is 0 Å². The standard InChI is InChI=1S/C12H20O4/c13-11(14)8-4-7-10(12(15)16)9-5-2-1-3-6-9/h9-10H,1-8H2,(H,13,14)(H,15,16)/p-2. The van der Waals surface area contributed by atoms with E-state index in [4.69, 9.17) is 0 Å². The van der Waals surface area contributed by atoms with Crippen molar-refractivity contribution in [2.45, 2.75) is 51.4 Å². The number of aliphatic carboxylic acids is 2. The van der Waals surface area contributed by atoms with Crippen molar-refractivity contribution in [2.24, 2.45) is 11.8 Å². The van der Waals surface area contributed by atoms with Crippen LogP contribution in [0.2, 0.25) is 0 Å². The van der Waals surface area contributed by atoms with Gasteiger partial charge in [0.15, 0.2) is 0 Å². The van der Waals surface area contributed by atoms with Crippen LogP contribution in [-0.4, -0.2) is 11.9 Å². The Labute approximate surface area is 95.7 Å². The molecule has 4 nitrogen and oxygen atoms in total. The average Bonchev–Trinajstić information content (AvgIpc) is 2.25. The predicted molar refractivity (Wildman–Crippen MR) is 53.9 cm³/mol. The summed E-state index contributed by atoms with van der Waals surface area (Å²) >= 11 is 0. The highest BCUT2D eigenvalue weighted by Crippen LogP contribution is 2.32. The Kier molecular flexibility index (Phi) is 5.29. The van der Waals surface area contributed by atoms with Crippen molar-refractivity contribution in [3.05, 3.63) is 0 Å². The molecular formula is C12H18O4-2. The molecule has 1 aliphatic carbocycles. The molecule has 0 heterocycles. The zero-order valence-corrected chi connectivity index (χ0v) is 9.44. The van der Waals surface area contributed by atoms with Crippen molar-refractivity contribution in [3.8, 4) is 0 Å². The van der Waals surface area contributed by atoms with Crippen LogP contribution in [0.15, 0.2) is 0 Å². The molecule has 0 aromatic carbocycles. The summed E-state index contributed by atoms with van der Waals surface area (Å²) in [6.07, 6.45) is 5.92. The van der Waals surface area contributed by atoms with Crippen LogP contribution in [0.1, 0.15) is 51.4 Å². The summed E-state index contributed by atoms with van der Waals surface area (Å²) in [6.45, 7) is 0. The summed E-state index contributed by atoms with van der Waals surface area (Å²) in [5, 5.41) is 21.3. The first-order chi connectivity index (χ1) is 7.61. The summed E-state index contributed by atoms with van der Waals surface area (Å²) in [5.41, 5.74) is 0. The number of hydrogen-bond acceptors (Lipinski definition) is 4. The SMILES string of the molecule is O=C([O-])CCCC(C(=O)[O-])C1CCCCC1. The first-order valence-electron chi connectivity index (χ1n) is 6.02. The molecule has 0 aromatic rings. The van der Waals surface area contributed by atoms with E-state index in [9.17, 15) is 19.8 Å². The lowest BCUT2D eigenvalue weighted by Gasteiger charge is -2.31. The van der Waals surface area contributed by atoms with E-state index < -0.39 is 17.9 Å². The molecule has 0 saturated heterocycles. The normalized spacial score (nSPS) is 19.2. The highest BCUT2D eigenvalue weighted by Gasteiger charge is 2.24. The molecule has 0 bridgehead atoms. The van der Waals surface area contributed by atoms with Crippen molar-refractivity contribution < 1.29 is 19.8 Å². The van der Waals surface area contributed by atoms with E-state index in [0.717, 1.165) is 25.7 Å². The van der Waals surface area contributed by atoms with Gasteiger partial charge in [0.1, 0.15) is 0 Å². The second-order valence-electron chi connectivity index (χ2n) is 4.59. The molecule has 1 unspecified atom stereocenters. The Morgan fingerprint density at radius 2 is 1.75 bits per heavy atom. The third-order valence-corrected chi connectivity index (χ3v) is 3.42. The predicted octanol–water partition coefficient (Wildman–Crippen LogP) is -0.147. The summed E-state index contributed by atoms with van der Waals surface area (Å²) in [4.78, 5) is 21.3. The molecule has 1 atom stereocenters. The van der Waals surface area contributed by atoms with Crippen LogP contribution in [0, 0.1) is 11.8 Å². The van der Waals surface area contributed by atoms with Gasteiger partial charge in [0, 0.05) is 17.9 Å². The first-order valence-corrected chi connectivity index (χ1v) is 6.02. The summed E-state index contributed by atoms with van der Waals surface area (Å²) < 4.78 is 0.